The van der Waals surface area contributed by atoms with E-state index in [0.29, 0.717) is 11.8 Å². The van der Waals surface area contributed by atoms with Gasteiger partial charge < -0.3 is 5.32 Å². The predicted octanol–water partition coefficient (Wildman–Crippen LogP) is 2.11. The van der Waals surface area contributed by atoms with Crippen LogP contribution in [-0.2, 0) is 0 Å². The molecule has 1 heterocycles. The third-order valence-corrected chi connectivity index (χ3v) is 2.62. The van der Waals surface area contributed by atoms with Crippen LogP contribution in [0.4, 0.5) is 17.5 Å². The van der Waals surface area contributed by atoms with Crippen LogP contribution in [0.3, 0.4) is 0 Å². The van der Waals surface area contributed by atoms with E-state index in [1.807, 2.05) is 24.3 Å². The van der Waals surface area contributed by atoms with Crippen LogP contribution >= 0.6 is 22.6 Å². The first-order chi connectivity index (χ1) is 7.78. The monoisotopic (exact) mass is 327 g/mol. The standard InChI is InChI=1S/C10H10IN5/c11-7-1-3-8(4-2-7)14-9-5-6-13-10(15-9)16-12/h1-6H,12H2,(H2,13,14,15,16). The van der Waals surface area contributed by atoms with E-state index in [2.05, 4.69) is 43.3 Å². The van der Waals surface area contributed by atoms with Crippen LogP contribution in [0.2, 0.25) is 0 Å². The summed E-state index contributed by atoms with van der Waals surface area (Å²) in [6, 6.07) is 9.79. The number of anilines is 3. The first-order valence-corrected chi connectivity index (χ1v) is 5.68. The molecule has 0 radical (unpaired) electrons. The third kappa shape index (κ3) is 2.80. The second-order valence-electron chi connectivity index (χ2n) is 3.04. The summed E-state index contributed by atoms with van der Waals surface area (Å²) in [5, 5.41) is 3.16. The van der Waals surface area contributed by atoms with Gasteiger partial charge >= 0.3 is 0 Å². The number of nitrogens with one attached hydrogen (secondary N) is 2. The van der Waals surface area contributed by atoms with E-state index in [4.69, 9.17) is 5.84 Å². The Bertz CT molecular complexity index is 471. The summed E-state index contributed by atoms with van der Waals surface area (Å²) in [5.41, 5.74) is 3.37. The van der Waals surface area contributed by atoms with Gasteiger partial charge in [-0.1, -0.05) is 0 Å². The molecule has 1 aromatic heterocycles. The molecule has 0 aliphatic heterocycles. The number of rotatable bonds is 3. The van der Waals surface area contributed by atoms with Crippen molar-refractivity contribution in [3.05, 3.63) is 40.1 Å². The zero-order valence-electron chi connectivity index (χ0n) is 8.31. The van der Waals surface area contributed by atoms with Gasteiger partial charge in [-0.3, -0.25) is 5.43 Å². The Morgan fingerprint density at radius 1 is 1.12 bits per heavy atom. The second kappa shape index (κ2) is 5.08. The van der Waals surface area contributed by atoms with Crippen molar-refractivity contribution in [2.75, 3.05) is 10.7 Å². The lowest BCUT2D eigenvalue weighted by atomic mass is 10.3. The minimum atomic E-state index is 0.385. The van der Waals surface area contributed by atoms with Crippen LogP contribution in [0.1, 0.15) is 0 Å². The minimum Gasteiger partial charge on any atom is -0.340 e. The molecule has 0 unspecified atom stereocenters. The highest BCUT2D eigenvalue weighted by molar-refractivity contribution is 14.1. The molecule has 5 nitrogen and oxygen atoms in total. The Hall–Kier alpha value is -1.41. The summed E-state index contributed by atoms with van der Waals surface area (Å²) in [6.45, 7) is 0. The molecule has 0 fully saturated rings. The van der Waals surface area contributed by atoms with E-state index < -0.39 is 0 Å². The Morgan fingerprint density at radius 3 is 2.56 bits per heavy atom. The maximum atomic E-state index is 5.23. The lowest BCUT2D eigenvalue weighted by Gasteiger charge is -2.06. The second-order valence-corrected chi connectivity index (χ2v) is 4.29. The van der Waals surface area contributed by atoms with Crippen molar-refractivity contribution in [1.82, 2.24) is 9.97 Å². The summed E-state index contributed by atoms with van der Waals surface area (Å²) in [5.74, 6) is 6.31. The van der Waals surface area contributed by atoms with Crippen LogP contribution in [0.5, 0.6) is 0 Å². The molecule has 0 bridgehead atoms. The number of benzene rings is 1. The van der Waals surface area contributed by atoms with Gasteiger partial charge in [-0.25, -0.2) is 10.8 Å². The van der Waals surface area contributed by atoms with Crippen molar-refractivity contribution in [3.63, 3.8) is 0 Å². The Labute approximate surface area is 107 Å². The van der Waals surface area contributed by atoms with Crippen molar-refractivity contribution in [2.45, 2.75) is 0 Å². The highest BCUT2D eigenvalue weighted by atomic mass is 127. The zero-order valence-corrected chi connectivity index (χ0v) is 10.5. The number of nitrogens with two attached hydrogens (primary N) is 1. The fourth-order valence-corrected chi connectivity index (χ4v) is 1.54. The van der Waals surface area contributed by atoms with Crippen molar-refractivity contribution < 1.29 is 0 Å². The van der Waals surface area contributed by atoms with E-state index >= 15 is 0 Å². The van der Waals surface area contributed by atoms with Gasteiger partial charge in [0.15, 0.2) is 0 Å². The number of aromatic nitrogens is 2. The molecule has 0 spiro atoms. The van der Waals surface area contributed by atoms with Gasteiger partial charge in [0.1, 0.15) is 5.82 Å². The molecule has 0 aliphatic rings. The van der Waals surface area contributed by atoms with Gasteiger partial charge in [0.05, 0.1) is 0 Å². The zero-order chi connectivity index (χ0) is 11.4. The number of nitrogen functional groups attached to an aromatic ring is 1. The van der Waals surface area contributed by atoms with E-state index in [-0.39, 0.29) is 0 Å². The van der Waals surface area contributed by atoms with E-state index in [9.17, 15) is 0 Å². The molecule has 1 aromatic carbocycles. The van der Waals surface area contributed by atoms with Crippen LogP contribution in [-0.4, -0.2) is 9.97 Å². The number of nitrogens with zero attached hydrogens (tertiary/aromatic N) is 2. The quantitative estimate of drug-likeness (QED) is 0.457. The maximum absolute atomic E-state index is 5.23. The molecular formula is C10H10IN5. The van der Waals surface area contributed by atoms with Gasteiger partial charge in [0, 0.05) is 15.5 Å². The average molecular weight is 327 g/mol. The smallest absolute Gasteiger partial charge is 0.239 e. The van der Waals surface area contributed by atoms with Gasteiger partial charge in [0.25, 0.3) is 0 Å². The summed E-state index contributed by atoms with van der Waals surface area (Å²) >= 11 is 2.26. The lowest BCUT2D eigenvalue weighted by Crippen LogP contribution is -2.10. The molecule has 2 aromatic rings. The van der Waals surface area contributed by atoms with Gasteiger partial charge in [0.2, 0.25) is 5.95 Å². The summed E-state index contributed by atoms with van der Waals surface area (Å²) in [6.07, 6.45) is 1.64. The summed E-state index contributed by atoms with van der Waals surface area (Å²) in [7, 11) is 0. The van der Waals surface area contributed by atoms with Gasteiger partial charge in [-0.15, -0.1) is 0 Å². The fraction of sp³-hybridized carbons (Fsp3) is 0. The average Bonchev–Trinajstić information content (AvgIpc) is 2.32. The molecule has 4 N–H and O–H groups in total. The Kier molecular flexibility index (Phi) is 3.52. The lowest BCUT2D eigenvalue weighted by molar-refractivity contribution is 1.12. The SMILES string of the molecule is NNc1nccc(Nc2ccc(I)cc2)n1. The number of hydrogen-bond acceptors (Lipinski definition) is 5. The highest BCUT2D eigenvalue weighted by Crippen LogP contribution is 2.16. The Morgan fingerprint density at radius 2 is 1.88 bits per heavy atom. The maximum Gasteiger partial charge on any atom is 0.239 e. The molecule has 2 rings (SSSR count). The van der Waals surface area contributed by atoms with Crippen molar-refractivity contribution in [2.24, 2.45) is 5.84 Å². The molecule has 82 valence electrons. The Balaban J connectivity index is 2.16. The summed E-state index contributed by atoms with van der Waals surface area (Å²) in [4.78, 5) is 8.07. The van der Waals surface area contributed by atoms with Crippen LogP contribution in [0.25, 0.3) is 0 Å². The topological polar surface area (TPSA) is 75.9 Å². The largest absolute Gasteiger partial charge is 0.340 e. The van der Waals surface area contributed by atoms with Crippen molar-refractivity contribution in [3.8, 4) is 0 Å². The molecule has 6 heteroatoms. The molecule has 16 heavy (non-hydrogen) atoms. The van der Waals surface area contributed by atoms with Gasteiger partial charge in [-0.05, 0) is 52.9 Å². The van der Waals surface area contributed by atoms with Crippen molar-refractivity contribution >= 4 is 40.0 Å². The number of halogens is 1. The third-order valence-electron chi connectivity index (χ3n) is 1.90. The molecule has 0 saturated heterocycles. The van der Waals surface area contributed by atoms with Crippen molar-refractivity contribution in [1.29, 1.82) is 0 Å². The van der Waals surface area contributed by atoms with Gasteiger partial charge in [-0.2, -0.15) is 4.98 Å². The summed E-state index contributed by atoms with van der Waals surface area (Å²) < 4.78 is 1.19. The highest BCUT2D eigenvalue weighted by Gasteiger charge is 1.98. The first-order valence-electron chi connectivity index (χ1n) is 4.60. The van der Waals surface area contributed by atoms with Crippen LogP contribution < -0.4 is 16.6 Å². The molecule has 0 amide bonds. The molecule has 0 saturated carbocycles. The minimum absolute atomic E-state index is 0.385. The predicted molar refractivity (Wildman–Crippen MR) is 72.3 cm³/mol. The van der Waals surface area contributed by atoms with E-state index in [0.717, 1.165) is 5.69 Å². The normalized spacial score (nSPS) is 9.88. The van der Waals surface area contributed by atoms with E-state index in [1.54, 1.807) is 12.3 Å². The van der Waals surface area contributed by atoms with E-state index in [1.165, 1.54) is 3.57 Å². The molecular weight excluding hydrogens is 317 g/mol. The van der Waals surface area contributed by atoms with Crippen LogP contribution in [0, 0.1) is 3.57 Å². The number of hydrogen-bond donors (Lipinski definition) is 3. The van der Waals surface area contributed by atoms with Crippen LogP contribution in [0.15, 0.2) is 36.5 Å². The molecule has 0 atom stereocenters. The number of hydrazine groups is 1. The molecule has 0 aliphatic carbocycles. The fourth-order valence-electron chi connectivity index (χ4n) is 1.18. The first kappa shape index (κ1) is 11.1.